The van der Waals surface area contributed by atoms with Crippen molar-refractivity contribution in [2.45, 2.75) is 11.8 Å². The Morgan fingerprint density at radius 2 is 2.00 bits per heavy atom. The minimum atomic E-state index is -3.93. The molecule has 26 heavy (non-hydrogen) atoms. The van der Waals surface area contributed by atoms with Gasteiger partial charge in [-0.3, -0.25) is 4.72 Å². The second-order valence-corrected chi connectivity index (χ2v) is 7.58. The Kier molecular flexibility index (Phi) is 4.59. The van der Waals surface area contributed by atoms with E-state index in [-0.39, 0.29) is 27.0 Å². The van der Waals surface area contributed by atoms with Crippen LogP contribution < -0.4 is 10.5 Å². The van der Waals surface area contributed by atoms with Gasteiger partial charge in [0.25, 0.3) is 10.0 Å². The first-order chi connectivity index (χ1) is 12.3. The Bertz CT molecular complexity index is 1130. The smallest absolute Gasteiger partial charge is 0.263 e. The number of benzene rings is 2. The number of aromatic nitrogens is 2. The van der Waals surface area contributed by atoms with Crippen molar-refractivity contribution in [1.82, 2.24) is 9.78 Å². The van der Waals surface area contributed by atoms with Crippen molar-refractivity contribution in [2.24, 2.45) is 0 Å². The summed E-state index contributed by atoms with van der Waals surface area (Å²) < 4.78 is 29.3. The van der Waals surface area contributed by atoms with Crippen LogP contribution in [0, 0.1) is 18.3 Å². The van der Waals surface area contributed by atoms with Gasteiger partial charge in [-0.05, 0) is 36.8 Å². The van der Waals surface area contributed by atoms with E-state index in [4.69, 9.17) is 22.6 Å². The van der Waals surface area contributed by atoms with Gasteiger partial charge >= 0.3 is 0 Å². The average Bonchev–Trinajstić information content (AvgIpc) is 2.95. The summed E-state index contributed by atoms with van der Waals surface area (Å²) >= 11 is 6.09. The second kappa shape index (κ2) is 6.71. The molecule has 0 bridgehead atoms. The van der Waals surface area contributed by atoms with Crippen LogP contribution >= 0.6 is 11.6 Å². The first kappa shape index (κ1) is 17.8. The molecular formula is C17H14ClN5O2S. The quantitative estimate of drug-likeness (QED) is 0.713. The zero-order valence-electron chi connectivity index (χ0n) is 13.6. The number of nitrogens with one attached hydrogen (secondary N) is 1. The van der Waals surface area contributed by atoms with Crippen LogP contribution in [0.1, 0.15) is 11.1 Å². The van der Waals surface area contributed by atoms with Crippen LogP contribution in [0.25, 0.3) is 5.69 Å². The van der Waals surface area contributed by atoms with Gasteiger partial charge < -0.3 is 5.73 Å². The minimum absolute atomic E-state index is 0.0364. The van der Waals surface area contributed by atoms with Crippen LogP contribution in [0.15, 0.2) is 53.6 Å². The summed E-state index contributed by atoms with van der Waals surface area (Å²) in [6.45, 7) is 1.82. The summed E-state index contributed by atoms with van der Waals surface area (Å²) in [5.41, 5.74) is 7.60. The van der Waals surface area contributed by atoms with Crippen LogP contribution in [0.3, 0.4) is 0 Å². The van der Waals surface area contributed by atoms with Gasteiger partial charge in [-0.1, -0.05) is 29.8 Å². The number of anilines is 2. The lowest BCUT2D eigenvalue weighted by Crippen LogP contribution is -2.16. The molecule has 0 spiro atoms. The predicted molar refractivity (Wildman–Crippen MR) is 99.7 cm³/mol. The Labute approximate surface area is 155 Å². The maximum absolute atomic E-state index is 12.8. The van der Waals surface area contributed by atoms with Crippen molar-refractivity contribution in [1.29, 1.82) is 5.26 Å². The molecule has 0 unspecified atom stereocenters. The van der Waals surface area contributed by atoms with Crippen LogP contribution in [0.2, 0.25) is 5.02 Å². The van der Waals surface area contributed by atoms with Crippen molar-refractivity contribution in [3.05, 3.63) is 64.8 Å². The van der Waals surface area contributed by atoms with Gasteiger partial charge in [0.2, 0.25) is 0 Å². The highest BCUT2D eigenvalue weighted by atomic mass is 35.5. The molecule has 7 nitrogen and oxygen atoms in total. The highest BCUT2D eigenvalue weighted by Crippen LogP contribution is 2.28. The van der Waals surface area contributed by atoms with Gasteiger partial charge in [0.15, 0.2) is 0 Å². The lowest BCUT2D eigenvalue weighted by atomic mass is 10.2. The zero-order valence-corrected chi connectivity index (χ0v) is 15.2. The summed E-state index contributed by atoms with van der Waals surface area (Å²) in [6, 6.07) is 13.2. The lowest BCUT2D eigenvalue weighted by Gasteiger charge is -2.14. The molecule has 0 fully saturated rings. The molecule has 0 saturated heterocycles. The van der Waals surface area contributed by atoms with Gasteiger partial charge in [-0.25, -0.2) is 13.1 Å². The number of hydrogen-bond donors (Lipinski definition) is 2. The molecule has 3 rings (SSSR count). The molecule has 0 saturated carbocycles. The number of halogens is 1. The number of aryl methyl sites for hydroxylation is 1. The molecule has 0 aliphatic rings. The van der Waals surface area contributed by atoms with E-state index in [0.717, 1.165) is 5.56 Å². The zero-order chi connectivity index (χ0) is 18.9. The van der Waals surface area contributed by atoms with E-state index in [1.54, 1.807) is 36.4 Å². The van der Waals surface area contributed by atoms with E-state index in [9.17, 15) is 8.42 Å². The molecule has 0 amide bonds. The van der Waals surface area contributed by atoms with E-state index in [1.165, 1.54) is 16.9 Å². The fourth-order valence-electron chi connectivity index (χ4n) is 2.40. The second-order valence-electron chi connectivity index (χ2n) is 5.52. The van der Waals surface area contributed by atoms with Gasteiger partial charge in [-0.15, -0.1) is 0 Å². The summed E-state index contributed by atoms with van der Waals surface area (Å²) in [5.74, 6) is 0.118. The summed E-state index contributed by atoms with van der Waals surface area (Å²) in [6.07, 6.45) is 1.32. The van der Waals surface area contributed by atoms with Crippen LogP contribution in [0.4, 0.5) is 11.5 Å². The molecule has 9 heteroatoms. The topological polar surface area (TPSA) is 114 Å². The van der Waals surface area contributed by atoms with Gasteiger partial charge in [-0.2, -0.15) is 10.4 Å². The summed E-state index contributed by atoms with van der Waals surface area (Å²) in [5, 5.41) is 13.2. The molecule has 1 aromatic heterocycles. The number of nitrogens with zero attached hydrogens (tertiary/aromatic N) is 3. The number of hydrogen-bond acceptors (Lipinski definition) is 5. The standard InChI is InChI=1S/C17H14ClN5O2S/c1-11-6-7-16(13(18)8-11)26(24,25)22-14-4-2-3-5-15(14)23-17(20)12(9-19)10-21-23/h2-8,10,22H,20H2,1H3. The Morgan fingerprint density at radius 1 is 1.27 bits per heavy atom. The Morgan fingerprint density at radius 3 is 2.65 bits per heavy atom. The van der Waals surface area contributed by atoms with Gasteiger partial charge in [0.05, 0.1) is 22.6 Å². The van der Waals surface area contributed by atoms with E-state index in [0.29, 0.717) is 5.69 Å². The molecule has 3 aromatic rings. The van der Waals surface area contributed by atoms with Crippen LogP contribution in [-0.4, -0.2) is 18.2 Å². The first-order valence-corrected chi connectivity index (χ1v) is 9.31. The van der Waals surface area contributed by atoms with Gasteiger partial charge in [0, 0.05) is 0 Å². The number of sulfonamides is 1. The fourth-order valence-corrected chi connectivity index (χ4v) is 4.08. The van der Waals surface area contributed by atoms with Crippen molar-refractivity contribution in [3.8, 4) is 11.8 Å². The third-order valence-electron chi connectivity index (χ3n) is 3.68. The number of rotatable bonds is 4. The van der Waals surface area contributed by atoms with E-state index < -0.39 is 10.0 Å². The lowest BCUT2D eigenvalue weighted by molar-refractivity contribution is 0.601. The molecular weight excluding hydrogens is 374 g/mol. The first-order valence-electron chi connectivity index (χ1n) is 7.45. The van der Waals surface area contributed by atoms with E-state index in [2.05, 4.69) is 9.82 Å². The number of para-hydroxylation sites is 2. The van der Waals surface area contributed by atoms with E-state index >= 15 is 0 Å². The Hall–Kier alpha value is -3.02. The third kappa shape index (κ3) is 3.22. The third-order valence-corrected chi connectivity index (χ3v) is 5.53. The van der Waals surface area contributed by atoms with Gasteiger partial charge in [0.1, 0.15) is 22.3 Å². The molecule has 0 radical (unpaired) electrons. The molecule has 0 atom stereocenters. The molecule has 3 N–H and O–H groups in total. The van der Waals surface area contributed by atoms with Crippen LogP contribution in [0.5, 0.6) is 0 Å². The molecule has 2 aromatic carbocycles. The van der Waals surface area contributed by atoms with Crippen molar-refractivity contribution in [2.75, 3.05) is 10.5 Å². The molecule has 0 aliphatic heterocycles. The Balaban J connectivity index is 2.06. The minimum Gasteiger partial charge on any atom is -0.382 e. The maximum Gasteiger partial charge on any atom is 0.263 e. The normalized spacial score (nSPS) is 11.1. The fraction of sp³-hybridized carbons (Fsp3) is 0.0588. The summed E-state index contributed by atoms with van der Waals surface area (Å²) in [4.78, 5) is -0.0364. The largest absolute Gasteiger partial charge is 0.382 e. The number of nitrogens with two attached hydrogens (primary N) is 1. The molecule has 1 heterocycles. The number of nitriles is 1. The summed E-state index contributed by atoms with van der Waals surface area (Å²) in [7, 11) is -3.93. The number of nitrogen functional groups attached to an aromatic ring is 1. The monoisotopic (exact) mass is 387 g/mol. The highest BCUT2D eigenvalue weighted by Gasteiger charge is 2.21. The van der Waals surface area contributed by atoms with Crippen molar-refractivity contribution < 1.29 is 8.42 Å². The van der Waals surface area contributed by atoms with E-state index in [1.807, 2.05) is 13.0 Å². The predicted octanol–water partition coefficient (Wildman–Crippen LogP) is 3.09. The SMILES string of the molecule is Cc1ccc(S(=O)(=O)Nc2ccccc2-n2ncc(C#N)c2N)c(Cl)c1. The maximum atomic E-state index is 12.8. The van der Waals surface area contributed by atoms with Crippen LogP contribution in [-0.2, 0) is 10.0 Å². The van der Waals surface area contributed by atoms with Crippen molar-refractivity contribution >= 4 is 33.1 Å². The molecule has 132 valence electrons. The highest BCUT2D eigenvalue weighted by molar-refractivity contribution is 7.92. The average molecular weight is 388 g/mol. The van der Waals surface area contributed by atoms with Crippen molar-refractivity contribution in [3.63, 3.8) is 0 Å². The molecule has 0 aliphatic carbocycles.